The molecule has 1 aliphatic heterocycles. The van der Waals surface area contributed by atoms with Crippen molar-refractivity contribution in [2.45, 2.75) is 39.2 Å². The van der Waals surface area contributed by atoms with Gasteiger partial charge in [-0.2, -0.15) is 5.10 Å². The van der Waals surface area contributed by atoms with Crippen LogP contribution in [0.5, 0.6) is 0 Å². The molecule has 3 heterocycles. The van der Waals surface area contributed by atoms with Crippen LogP contribution in [-0.2, 0) is 6.42 Å². The Balaban J connectivity index is 1.62. The van der Waals surface area contributed by atoms with Gasteiger partial charge in [0.2, 0.25) is 5.13 Å². The Morgan fingerprint density at radius 3 is 3.13 bits per heavy atom. The lowest BCUT2D eigenvalue weighted by Crippen LogP contribution is -2.32. The van der Waals surface area contributed by atoms with Crippen molar-refractivity contribution in [2.24, 2.45) is 5.92 Å². The van der Waals surface area contributed by atoms with Crippen molar-refractivity contribution in [2.75, 3.05) is 18.4 Å². The van der Waals surface area contributed by atoms with Gasteiger partial charge in [0.25, 0.3) is 5.91 Å². The lowest BCUT2D eigenvalue weighted by atomic mass is 10.1. The molecule has 0 radical (unpaired) electrons. The van der Waals surface area contributed by atoms with Gasteiger partial charge in [-0.15, -0.1) is 10.2 Å². The Morgan fingerprint density at radius 2 is 2.39 bits per heavy atom. The molecule has 3 rings (SSSR count). The molecule has 2 aromatic heterocycles. The van der Waals surface area contributed by atoms with E-state index in [0.29, 0.717) is 22.8 Å². The van der Waals surface area contributed by atoms with Gasteiger partial charge < -0.3 is 5.32 Å². The number of aromatic nitrogens is 4. The first kappa shape index (κ1) is 16.1. The van der Waals surface area contributed by atoms with Gasteiger partial charge in [-0.25, -0.2) is 0 Å². The van der Waals surface area contributed by atoms with E-state index in [-0.39, 0.29) is 5.91 Å². The summed E-state index contributed by atoms with van der Waals surface area (Å²) in [5, 5.41) is 20.1. The third-order valence-corrected chi connectivity index (χ3v) is 4.62. The van der Waals surface area contributed by atoms with Crippen LogP contribution in [0.25, 0.3) is 0 Å². The van der Waals surface area contributed by atoms with E-state index in [0.717, 1.165) is 37.4 Å². The molecule has 0 spiro atoms. The lowest BCUT2D eigenvalue weighted by molar-refractivity contribution is 0.102. The Kier molecular flexibility index (Phi) is 5.02. The van der Waals surface area contributed by atoms with Crippen LogP contribution in [0, 0.1) is 5.92 Å². The molecule has 2 aromatic rings. The molecule has 1 saturated heterocycles. The molecular weight excluding hydrogens is 312 g/mol. The molecule has 0 saturated carbocycles. The van der Waals surface area contributed by atoms with Crippen molar-refractivity contribution in [3.05, 3.63) is 23.0 Å². The minimum absolute atomic E-state index is 0.236. The van der Waals surface area contributed by atoms with Gasteiger partial charge >= 0.3 is 0 Å². The molecule has 0 aliphatic carbocycles. The van der Waals surface area contributed by atoms with Crippen LogP contribution < -0.4 is 10.6 Å². The predicted molar refractivity (Wildman–Crippen MR) is 89.8 cm³/mol. The maximum absolute atomic E-state index is 12.3. The summed E-state index contributed by atoms with van der Waals surface area (Å²) in [6.45, 7) is 6.22. The molecule has 23 heavy (non-hydrogen) atoms. The number of carbonyl (C=O) groups excluding carboxylic acids is 1. The first-order chi connectivity index (χ1) is 11.1. The fraction of sp³-hybridized carbons (Fsp3) is 0.600. The van der Waals surface area contributed by atoms with Gasteiger partial charge in [-0.3, -0.25) is 14.8 Å². The Morgan fingerprint density at radius 1 is 1.52 bits per heavy atom. The summed E-state index contributed by atoms with van der Waals surface area (Å²) in [4.78, 5) is 12.3. The number of carbonyl (C=O) groups is 1. The van der Waals surface area contributed by atoms with Crippen LogP contribution in [0.2, 0.25) is 0 Å². The van der Waals surface area contributed by atoms with Gasteiger partial charge in [-0.1, -0.05) is 25.2 Å². The number of piperidine rings is 1. The van der Waals surface area contributed by atoms with E-state index in [1.165, 1.54) is 11.3 Å². The molecule has 0 aromatic carbocycles. The minimum atomic E-state index is -0.236. The highest BCUT2D eigenvalue weighted by Gasteiger charge is 2.18. The van der Waals surface area contributed by atoms with Crippen molar-refractivity contribution in [3.8, 4) is 0 Å². The average molecular weight is 334 g/mol. The standard InChI is InChI=1S/C15H22N6OS/c1-10(2)8-13-18-19-15(23-13)17-14(22)12-5-7-21(20-12)11-4-3-6-16-9-11/h5,7,10-11,16H,3-4,6,8-9H2,1-2H3,(H,17,19,22). The Bertz CT molecular complexity index is 658. The summed E-state index contributed by atoms with van der Waals surface area (Å²) in [6.07, 6.45) is 4.97. The van der Waals surface area contributed by atoms with Gasteiger partial charge in [0, 0.05) is 19.2 Å². The van der Waals surface area contributed by atoms with E-state index < -0.39 is 0 Å². The van der Waals surface area contributed by atoms with E-state index >= 15 is 0 Å². The third kappa shape index (κ3) is 4.14. The molecule has 1 unspecified atom stereocenters. The second-order valence-electron chi connectivity index (χ2n) is 6.23. The number of anilines is 1. The minimum Gasteiger partial charge on any atom is -0.315 e. The maximum Gasteiger partial charge on any atom is 0.277 e. The average Bonchev–Trinajstić information content (AvgIpc) is 3.17. The predicted octanol–water partition coefficient (Wildman–Crippen LogP) is 2.11. The molecular formula is C15H22N6OS. The van der Waals surface area contributed by atoms with E-state index in [1.54, 1.807) is 6.07 Å². The fourth-order valence-electron chi connectivity index (χ4n) is 2.62. The van der Waals surface area contributed by atoms with E-state index in [2.05, 4.69) is 39.8 Å². The van der Waals surface area contributed by atoms with Crippen molar-refractivity contribution >= 4 is 22.4 Å². The summed E-state index contributed by atoms with van der Waals surface area (Å²) < 4.78 is 1.88. The van der Waals surface area contributed by atoms with Gasteiger partial charge in [0.05, 0.1) is 6.04 Å². The number of hydrogen-bond donors (Lipinski definition) is 2. The zero-order chi connectivity index (χ0) is 16.2. The third-order valence-electron chi connectivity index (χ3n) is 3.76. The van der Waals surface area contributed by atoms with Crippen molar-refractivity contribution < 1.29 is 4.79 Å². The fourth-order valence-corrected chi connectivity index (χ4v) is 3.57. The normalized spacial score (nSPS) is 18.3. The topological polar surface area (TPSA) is 84.7 Å². The van der Waals surface area contributed by atoms with Crippen molar-refractivity contribution in [3.63, 3.8) is 0 Å². The lowest BCUT2D eigenvalue weighted by Gasteiger charge is -2.22. The van der Waals surface area contributed by atoms with Gasteiger partial charge in [-0.05, 0) is 31.4 Å². The molecule has 0 bridgehead atoms. The van der Waals surface area contributed by atoms with Crippen LogP contribution in [0.1, 0.15) is 48.2 Å². The van der Waals surface area contributed by atoms with Crippen molar-refractivity contribution in [1.82, 2.24) is 25.3 Å². The van der Waals surface area contributed by atoms with Crippen LogP contribution in [0.4, 0.5) is 5.13 Å². The number of rotatable bonds is 5. The number of nitrogens with zero attached hydrogens (tertiary/aromatic N) is 4. The van der Waals surface area contributed by atoms with E-state index in [1.807, 2.05) is 10.9 Å². The van der Waals surface area contributed by atoms with Gasteiger partial charge in [0.15, 0.2) is 5.69 Å². The Labute approximate surface area is 139 Å². The monoisotopic (exact) mass is 334 g/mol. The van der Waals surface area contributed by atoms with Crippen molar-refractivity contribution in [1.29, 1.82) is 0 Å². The zero-order valence-corrected chi connectivity index (χ0v) is 14.3. The number of hydrogen-bond acceptors (Lipinski definition) is 6. The van der Waals surface area contributed by atoms with Gasteiger partial charge in [0.1, 0.15) is 5.01 Å². The smallest absolute Gasteiger partial charge is 0.277 e. The highest BCUT2D eigenvalue weighted by Crippen LogP contribution is 2.19. The molecule has 7 nitrogen and oxygen atoms in total. The summed E-state index contributed by atoms with van der Waals surface area (Å²) in [7, 11) is 0. The largest absolute Gasteiger partial charge is 0.315 e. The zero-order valence-electron chi connectivity index (χ0n) is 13.5. The highest BCUT2D eigenvalue weighted by atomic mass is 32.1. The summed E-state index contributed by atoms with van der Waals surface area (Å²) in [5.74, 6) is 0.283. The highest BCUT2D eigenvalue weighted by molar-refractivity contribution is 7.15. The molecule has 1 fully saturated rings. The Hall–Kier alpha value is -1.80. The number of amides is 1. The summed E-state index contributed by atoms with van der Waals surface area (Å²) >= 11 is 1.42. The summed E-state index contributed by atoms with van der Waals surface area (Å²) in [6, 6.07) is 2.07. The molecule has 1 amide bonds. The molecule has 124 valence electrons. The first-order valence-corrected chi connectivity index (χ1v) is 8.83. The first-order valence-electron chi connectivity index (χ1n) is 8.01. The molecule has 1 atom stereocenters. The number of nitrogens with one attached hydrogen (secondary N) is 2. The van der Waals surface area contributed by atoms with Crippen LogP contribution in [0.3, 0.4) is 0 Å². The van der Waals surface area contributed by atoms with Crippen LogP contribution in [0.15, 0.2) is 12.3 Å². The van der Waals surface area contributed by atoms with Crippen LogP contribution >= 0.6 is 11.3 Å². The van der Waals surface area contributed by atoms with E-state index in [4.69, 9.17) is 0 Å². The van der Waals surface area contributed by atoms with E-state index in [9.17, 15) is 4.79 Å². The second-order valence-corrected chi connectivity index (χ2v) is 7.30. The second kappa shape index (κ2) is 7.18. The molecule has 2 N–H and O–H groups in total. The van der Waals surface area contributed by atoms with Crippen LogP contribution in [-0.4, -0.2) is 39.0 Å². The maximum atomic E-state index is 12.3. The SMILES string of the molecule is CC(C)Cc1nnc(NC(=O)c2ccn(C3CCCNC3)n2)s1. The molecule has 8 heteroatoms. The molecule has 1 aliphatic rings. The summed E-state index contributed by atoms with van der Waals surface area (Å²) in [5.41, 5.74) is 0.413. The quantitative estimate of drug-likeness (QED) is 0.875.